The third-order valence-corrected chi connectivity index (χ3v) is 13.0. The topological polar surface area (TPSA) is 628 Å². The normalized spacial score (nSPS) is 36.1. The number of carbonyl (C=O) groups is 4. The zero-order valence-corrected chi connectivity index (χ0v) is 42.6. The first-order valence-electron chi connectivity index (χ1n) is 20.9. The highest BCUT2D eigenvalue weighted by molar-refractivity contribution is 7.83. The molecule has 4 heterocycles. The van der Waals surface area contributed by atoms with Crippen molar-refractivity contribution in [3.05, 3.63) is 35.9 Å². The van der Waals surface area contributed by atoms with E-state index in [9.17, 15) is 120 Å². The van der Waals surface area contributed by atoms with E-state index < -0.39 is 206 Å². The largest absolute Gasteiger partial charge is 0.479 e. The number of ether oxygens (including phenoxy) is 7. The smallest absolute Gasteiger partial charge is 0.397 e. The van der Waals surface area contributed by atoms with Gasteiger partial charge < -0.3 is 79.3 Å². The average Bonchev–Trinajstić information content (AvgIpc) is 3.29. The number of benzene rings is 1. The summed E-state index contributed by atoms with van der Waals surface area (Å²) in [5.74, 6) is -5.49. The van der Waals surface area contributed by atoms with Gasteiger partial charge in [-0.05, 0) is 0 Å². The third-order valence-electron chi connectivity index (χ3n) is 10.6. The van der Waals surface area contributed by atoms with Gasteiger partial charge in [0.2, 0.25) is 5.91 Å². The number of rotatable bonds is 22. The predicted octanol–water partition coefficient (Wildman–Crippen LogP) is -9.21. The first-order valence-corrected chi connectivity index (χ1v) is 27.8. The Balaban J connectivity index is 0.00000150. The molecule has 4 saturated heterocycles. The molecule has 0 radical (unpaired) electrons. The molecule has 20 atom stereocenters. The van der Waals surface area contributed by atoms with Gasteiger partial charge in [-0.2, -0.15) is 46.8 Å². The van der Waals surface area contributed by atoms with Gasteiger partial charge >= 0.3 is 63.8 Å². The highest BCUT2D eigenvalue weighted by Crippen LogP contribution is 2.37. The second kappa shape index (κ2) is 26.8. The van der Waals surface area contributed by atoms with Crippen molar-refractivity contribution in [3.8, 4) is 0 Å². The van der Waals surface area contributed by atoms with E-state index in [0.717, 1.165) is 18.8 Å². The summed E-state index contributed by atoms with van der Waals surface area (Å²) in [6, 6.07) is 4.14. The molecule has 0 saturated carbocycles. The summed E-state index contributed by atoms with van der Waals surface area (Å²) >= 11 is 0. The molecule has 78 heavy (non-hydrogen) atoms. The van der Waals surface area contributed by atoms with E-state index in [1.54, 1.807) is 12.1 Å². The Labute approximate surface area is 438 Å². The maximum absolute atomic E-state index is 12.7. The molecule has 4 aliphatic rings. The van der Waals surface area contributed by atoms with Crippen LogP contribution in [0.25, 0.3) is 0 Å². The number of carbonyl (C=O) groups excluding carboxylic acids is 2. The Hall–Kier alpha value is -3.87. The molecule has 0 aromatic heterocycles. The van der Waals surface area contributed by atoms with Gasteiger partial charge in [-0.3, -0.25) is 32.4 Å². The molecule has 0 aliphatic carbocycles. The number of hydrogen-bond acceptors (Lipinski definition) is 31. The predicted molar refractivity (Wildman–Crippen MR) is 233 cm³/mol. The van der Waals surface area contributed by atoms with Gasteiger partial charge in [0.05, 0.1) is 13.2 Å². The number of amides is 1. The van der Waals surface area contributed by atoms with Crippen molar-refractivity contribution in [1.29, 1.82) is 0 Å². The van der Waals surface area contributed by atoms with Crippen molar-refractivity contribution in [2.45, 2.75) is 130 Å². The first-order chi connectivity index (χ1) is 35.7. The molecule has 0 unspecified atom stereocenters. The molecule has 4 aliphatic heterocycles. The molecule has 0 spiro atoms. The van der Waals surface area contributed by atoms with Crippen molar-refractivity contribution >= 4 is 76.0 Å². The minimum absolute atomic E-state index is 0.729. The molecule has 1 amide bonds. The van der Waals surface area contributed by atoms with Gasteiger partial charge in [-0.15, -0.1) is 0 Å². The number of aliphatic hydroxyl groups is 6. The second-order valence-electron chi connectivity index (χ2n) is 16.1. The van der Waals surface area contributed by atoms with Gasteiger partial charge in [0, 0.05) is 12.5 Å². The van der Waals surface area contributed by atoms with Crippen molar-refractivity contribution in [2.75, 3.05) is 13.2 Å². The number of hydrogen-bond donors (Lipinski definition) is 15. The molecule has 5 rings (SSSR count). The van der Waals surface area contributed by atoms with Crippen molar-refractivity contribution < 1.29 is 175 Å². The Morgan fingerprint density at radius 3 is 1.50 bits per heavy atom. The van der Waals surface area contributed by atoms with E-state index >= 15 is 0 Å². The molecular weight excluding hydrogens is 1190 g/mol. The lowest BCUT2D eigenvalue weighted by molar-refractivity contribution is -0.366. The van der Waals surface area contributed by atoms with Gasteiger partial charge in [-0.25, -0.2) is 26.3 Å². The van der Waals surface area contributed by atoms with Crippen LogP contribution in [0.1, 0.15) is 17.3 Å². The molecule has 1 aromatic rings. The summed E-state index contributed by atoms with van der Waals surface area (Å²) < 4.78 is 222. The van der Waals surface area contributed by atoms with E-state index in [4.69, 9.17) is 37.7 Å². The van der Waals surface area contributed by atoms with Crippen LogP contribution in [-0.4, -0.2) is 266 Å². The van der Waals surface area contributed by atoms with Crippen LogP contribution in [0.15, 0.2) is 30.3 Å². The minimum Gasteiger partial charge on any atom is -0.479 e. The molecule has 15 N–H and O–H groups in total. The maximum atomic E-state index is 12.7. The van der Waals surface area contributed by atoms with Crippen LogP contribution >= 0.6 is 0 Å². The molecule has 0 bridgehead atoms. The van der Waals surface area contributed by atoms with E-state index in [2.05, 4.69) is 16.7 Å². The first kappa shape index (κ1) is 66.6. The summed E-state index contributed by atoms with van der Waals surface area (Å²) in [6.07, 6.45) is -48.2. The molecule has 4 fully saturated rings. The van der Waals surface area contributed by atoms with Crippen LogP contribution < -0.4 is 10.0 Å². The van der Waals surface area contributed by atoms with E-state index in [-0.39, 0.29) is 0 Å². The van der Waals surface area contributed by atoms with Gasteiger partial charge in [0.1, 0.15) is 79.4 Å². The lowest BCUT2D eigenvalue weighted by Crippen LogP contribution is -2.71. The van der Waals surface area contributed by atoms with Crippen LogP contribution in [0.4, 0.5) is 0 Å². The van der Waals surface area contributed by atoms with Crippen LogP contribution in [0.3, 0.4) is 0 Å². The number of aliphatic carboxylic acids is 2. The quantitative estimate of drug-likeness (QED) is 0.0379. The highest BCUT2D eigenvalue weighted by Gasteiger charge is 2.60. The fraction of sp³-hybridized carbons (Fsp3) is 0.697. The molecule has 448 valence electrons. The number of carboxylic acids is 2. The minimum atomic E-state index is -6.09. The second-order valence-corrected chi connectivity index (χ2v) is 21.6. The summed E-state index contributed by atoms with van der Waals surface area (Å²) in [6.45, 7) is -2.24. The monoisotopic (exact) mass is 1240 g/mol. The van der Waals surface area contributed by atoms with Crippen molar-refractivity contribution in [2.24, 2.45) is 0 Å². The van der Waals surface area contributed by atoms with Gasteiger partial charge in [0.15, 0.2) is 49.6 Å². The summed E-state index contributed by atoms with van der Waals surface area (Å²) in [4.78, 5) is 46.4. The summed E-state index contributed by atoms with van der Waals surface area (Å²) in [5, 5.41) is 86.0. The maximum Gasteiger partial charge on any atom is 0.397 e. The number of aliphatic hydroxyl groups excluding tert-OH is 6. The number of aldehydes is 1. The number of carboxylic acid groups (broad SMARTS) is 2. The van der Waals surface area contributed by atoms with Gasteiger partial charge in [0.25, 0.3) is 0 Å². The average molecular weight is 1240 g/mol. The van der Waals surface area contributed by atoms with E-state index in [1.165, 1.54) is 4.72 Å². The van der Waals surface area contributed by atoms with Crippen molar-refractivity contribution in [3.63, 3.8) is 0 Å². The van der Waals surface area contributed by atoms with Crippen LogP contribution in [0, 0.1) is 0 Å². The Bertz CT molecular complexity index is 2810. The SMILES string of the molecule is CC(=O)N[C@@H]1[C@@H](O)[C@H](O[C@@H]2O[C@H](C(=O)O)[C@@H](O[C@@H]3O[C@H](CO)[C@@H](O[C@H]4O[C@@H](C(=O)O)[C@H](O)[C@@H](O)[C@@H]4OS(=O)(=O)O)[C@H](OS(=O)(=O)O)[C@H]3NS(=O)(=O)O)[C@H](O)[C@H]2OS(=O)(=O)O)[C@H](COS(=O)(=O)O)O[C@H]1O.O=Cc1ccccc1. The fourth-order valence-corrected chi connectivity index (χ4v) is 9.96. The Morgan fingerprint density at radius 1 is 0.564 bits per heavy atom. The Morgan fingerprint density at radius 2 is 1.05 bits per heavy atom. The Kier molecular flexibility index (Phi) is 22.9. The number of nitrogens with one attached hydrogen (secondary N) is 2. The van der Waals surface area contributed by atoms with Crippen LogP contribution in [-0.2, 0) is 116 Å². The highest BCUT2D eigenvalue weighted by atomic mass is 32.3. The van der Waals surface area contributed by atoms with Gasteiger partial charge in [-0.1, -0.05) is 30.3 Å². The van der Waals surface area contributed by atoms with Crippen LogP contribution in [0.2, 0.25) is 0 Å². The molecule has 1 aromatic carbocycles. The lowest BCUT2D eigenvalue weighted by atomic mass is 9.94. The zero-order valence-electron chi connectivity index (χ0n) is 38.5. The van der Waals surface area contributed by atoms with E-state index in [0.29, 0.717) is 0 Å². The van der Waals surface area contributed by atoms with Crippen molar-refractivity contribution in [1.82, 2.24) is 10.0 Å². The van der Waals surface area contributed by atoms with Crippen LogP contribution in [0.5, 0.6) is 0 Å². The molecule has 45 heteroatoms. The fourth-order valence-electron chi connectivity index (χ4n) is 7.58. The zero-order chi connectivity index (χ0) is 59.2. The summed E-state index contributed by atoms with van der Waals surface area (Å²) in [7, 11) is -29.1. The third kappa shape index (κ3) is 19.1. The molecular formula is C33H48N2O38S5. The summed E-state index contributed by atoms with van der Waals surface area (Å²) in [5.41, 5.74) is 0.729. The van der Waals surface area contributed by atoms with E-state index in [1.807, 2.05) is 23.5 Å². The standard InChI is InChI=1S/C26H42N2O37S5.C7H6O/c1-4(30)27-7-9(31)13(6(56-23(7)39)3-55-67(43,44)45)58-26-19(65-70(52,53)54)12(34)16(20(62-26)22(37)38)60-24-8(28-66(40,41)42)15(63-68(46,47)48)14(5(2-29)57-24)59-25-18(64-69(49,50)51)11(33)10(32)17(61-25)21(35)36;8-6-7-4-2-1-3-5-7/h5-20,23-26,28-29,31-34,39H,2-3H2,1H3,(H,27,30)(H,35,36)(H,37,38)(H,40,41,42)(H,43,44,45)(H,46,47,48)(H,49,50,51)(H,52,53,54);1-6H/t5-,6+,7-,8-,9-,10-,11-,12+,13-,14-,15-,16+,17-,18+,19-,20+,23-,24+,25+,26-;/m1./s1. The molecule has 40 nitrogen and oxygen atoms in total. The lowest BCUT2D eigenvalue weighted by Gasteiger charge is -2.50.